The number of imidazole rings is 1. The zero-order chi connectivity index (χ0) is 26.5. The van der Waals surface area contributed by atoms with E-state index in [-0.39, 0.29) is 35.5 Å². The summed E-state index contributed by atoms with van der Waals surface area (Å²) in [5, 5.41) is 6.43. The van der Waals surface area contributed by atoms with Crippen LogP contribution in [0.3, 0.4) is 0 Å². The fraction of sp³-hybridized carbons (Fsp3) is 0.481. The molecule has 38 heavy (non-hydrogen) atoms. The first-order valence-corrected chi connectivity index (χ1v) is 14.4. The van der Waals surface area contributed by atoms with Crippen LogP contribution in [0.2, 0.25) is 0 Å². The van der Waals surface area contributed by atoms with Crippen molar-refractivity contribution in [2.75, 3.05) is 29.9 Å². The average molecular weight is 540 g/mol. The minimum absolute atomic E-state index is 0.0150. The van der Waals surface area contributed by atoms with Gasteiger partial charge in [0.25, 0.3) is 11.8 Å². The molecule has 11 heteroatoms. The van der Waals surface area contributed by atoms with Crippen LogP contribution in [0.15, 0.2) is 42.9 Å². The molecule has 1 aliphatic carbocycles. The Labute approximate surface area is 225 Å². The average Bonchev–Trinajstić information content (AvgIpc) is 3.38. The number of nitrogens with two attached hydrogens (primary N) is 1. The van der Waals surface area contributed by atoms with Crippen molar-refractivity contribution in [3.8, 4) is 0 Å². The molecule has 2 fully saturated rings. The fourth-order valence-electron chi connectivity index (χ4n) is 5.33. The number of nitrogens with zero attached hydrogens (tertiary/aromatic N) is 4. The summed E-state index contributed by atoms with van der Waals surface area (Å²) in [4.78, 5) is 37.0. The van der Waals surface area contributed by atoms with Crippen LogP contribution < -0.4 is 16.4 Å². The number of amides is 2. The predicted octanol–water partition coefficient (Wildman–Crippen LogP) is 3.32. The number of hydrogen-bond acceptors (Lipinski definition) is 7. The maximum Gasteiger partial charge on any atom is 0.274 e. The molecule has 2 amide bonds. The summed E-state index contributed by atoms with van der Waals surface area (Å²) < 4.78 is 15.9. The summed E-state index contributed by atoms with van der Waals surface area (Å²) in [7, 11) is 0. The molecule has 1 saturated heterocycles. The number of fused-ring (bicyclic) bond motifs is 1. The van der Waals surface area contributed by atoms with E-state index in [9.17, 15) is 14.0 Å². The summed E-state index contributed by atoms with van der Waals surface area (Å²) >= 11 is 1.92. The Morgan fingerprint density at radius 1 is 1.13 bits per heavy atom. The second kappa shape index (κ2) is 12.1. The van der Waals surface area contributed by atoms with Crippen LogP contribution in [0.25, 0.3) is 5.65 Å². The highest BCUT2D eigenvalue weighted by Crippen LogP contribution is 2.26. The second-order valence-corrected chi connectivity index (χ2v) is 11.2. The third-order valence-electron chi connectivity index (χ3n) is 7.35. The number of thioether (sulfide) groups is 1. The van der Waals surface area contributed by atoms with Crippen molar-refractivity contribution in [2.24, 2.45) is 5.73 Å². The van der Waals surface area contributed by atoms with Crippen LogP contribution >= 0.6 is 11.8 Å². The number of halogens is 1. The number of aromatic nitrogens is 3. The minimum atomic E-state index is -0.536. The Balaban J connectivity index is 1.21. The zero-order valence-electron chi connectivity index (χ0n) is 21.3. The van der Waals surface area contributed by atoms with Crippen LogP contribution in [0.5, 0.6) is 0 Å². The quantitative estimate of drug-likeness (QED) is 0.402. The lowest BCUT2D eigenvalue weighted by Crippen LogP contribution is -2.48. The Bertz CT molecular complexity index is 1240. The highest BCUT2D eigenvalue weighted by Gasteiger charge is 2.31. The largest absolute Gasteiger partial charge is 0.367 e. The van der Waals surface area contributed by atoms with Gasteiger partial charge in [-0.05, 0) is 68.2 Å². The topological polar surface area (TPSA) is 118 Å². The Morgan fingerprint density at radius 2 is 1.92 bits per heavy atom. The molecule has 4 heterocycles. The molecule has 0 spiro atoms. The number of rotatable bonds is 8. The maximum atomic E-state index is 14.0. The van der Waals surface area contributed by atoms with Crippen LogP contribution in [0.1, 0.15) is 59.4 Å². The van der Waals surface area contributed by atoms with E-state index < -0.39 is 5.82 Å². The molecule has 0 unspecified atom stereocenters. The number of carbonyl (C=O) groups excluding carboxylic acids is 2. The van der Waals surface area contributed by atoms with Crippen LogP contribution in [-0.2, 0) is 0 Å². The molecule has 0 radical (unpaired) electrons. The molecular formula is C27H34FN7O2S. The molecule has 4 N–H and O–H groups in total. The van der Waals surface area contributed by atoms with Crippen molar-refractivity contribution >= 4 is 35.0 Å². The van der Waals surface area contributed by atoms with E-state index >= 15 is 0 Å². The smallest absolute Gasteiger partial charge is 0.274 e. The molecule has 3 aromatic heterocycles. The number of anilines is 1. The van der Waals surface area contributed by atoms with E-state index in [0.717, 1.165) is 49.0 Å². The van der Waals surface area contributed by atoms with Gasteiger partial charge in [-0.2, -0.15) is 11.8 Å². The van der Waals surface area contributed by atoms with E-state index in [1.54, 1.807) is 6.20 Å². The molecular weight excluding hydrogens is 505 g/mol. The minimum Gasteiger partial charge on any atom is -0.367 e. The highest BCUT2D eigenvalue weighted by atomic mass is 32.2. The number of nitrogens with one attached hydrogen (secondary N) is 2. The van der Waals surface area contributed by atoms with Gasteiger partial charge in [0, 0.05) is 43.6 Å². The molecule has 0 atom stereocenters. The van der Waals surface area contributed by atoms with Crippen molar-refractivity contribution in [3.05, 3.63) is 59.9 Å². The molecule has 9 nitrogen and oxygen atoms in total. The monoisotopic (exact) mass is 539 g/mol. The molecule has 202 valence electrons. The summed E-state index contributed by atoms with van der Waals surface area (Å²) in [6.07, 6.45) is 9.62. The number of hydrogen-bond donors (Lipinski definition) is 3. The SMILES string of the molecule is NCCN(C(=O)c1cn2ccccc2n1)C1CCC(NC(=O)c2cc(F)cnc2NC2CCSCC2)CC1. The van der Waals surface area contributed by atoms with Gasteiger partial charge >= 0.3 is 0 Å². The predicted molar refractivity (Wildman–Crippen MR) is 147 cm³/mol. The molecule has 0 aromatic carbocycles. The molecule has 5 rings (SSSR count). The van der Waals surface area contributed by atoms with E-state index in [2.05, 4.69) is 20.6 Å². The lowest BCUT2D eigenvalue weighted by Gasteiger charge is -2.36. The van der Waals surface area contributed by atoms with Gasteiger partial charge in [0.1, 0.15) is 23.0 Å². The van der Waals surface area contributed by atoms with Crippen molar-refractivity contribution in [3.63, 3.8) is 0 Å². The summed E-state index contributed by atoms with van der Waals surface area (Å²) in [5.74, 6) is 1.56. The molecule has 2 aliphatic rings. The van der Waals surface area contributed by atoms with Gasteiger partial charge in [-0.3, -0.25) is 9.59 Å². The van der Waals surface area contributed by atoms with Crippen LogP contribution in [0, 0.1) is 5.82 Å². The standard InChI is InChI=1S/C27H34FN7O2S/c28-18-15-22(25(30-16-18)31-20-8-13-38-14-9-20)26(36)32-19-4-6-21(7-5-19)35(12-10-29)27(37)23-17-34-11-2-1-3-24(34)33-23/h1-3,11,15-17,19-21H,4-10,12-14,29H2,(H,30,31)(H,32,36). The highest BCUT2D eigenvalue weighted by molar-refractivity contribution is 7.99. The Kier molecular flexibility index (Phi) is 8.43. The van der Waals surface area contributed by atoms with Crippen molar-refractivity contribution < 1.29 is 14.0 Å². The van der Waals surface area contributed by atoms with Gasteiger partial charge in [-0.1, -0.05) is 6.07 Å². The first-order valence-electron chi connectivity index (χ1n) is 13.3. The summed E-state index contributed by atoms with van der Waals surface area (Å²) in [5.41, 5.74) is 7.21. The van der Waals surface area contributed by atoms with Crippen LogP contribution in [-0.4, -0.2) is 73.8 Å². The van der Waals surface area contributed by atoms with E-state index in [1.807, 2.05) is 45.5 Å². The lowest BCUT2D eigenvalue weighted by molar-refractivity contribution is 0.0615. The molecule has 0 bridgehead atoms. The lowest BCUT2D eigenvalue weighted by atomic mass is 9.89. The van der Waals surface area contributed by atoms with Crippen molar-refractivity contribution in [1.82, 2.24) is 24.6 Å². The molecule has 1 saturated carbocycles. The maximum absolute atomic E-state index is 14.0. The Hall–Kier alpha value is -3.18. The third-order valence-corrected chi connectivity index (χ3v) is 8.40. The second-order valence-electron chi connectivity index (χ2n) is 9.94. The van der Waals surface area contributed by atoms with Crippen molar-refractivity contribution in [1.29, 1.82) is 0 Å². The normalized spacial score (nSPS) is 20.3. The van der Waals surface area contributed by atoms with Crippen LogP contribution in [0.4, 0.5) is 10.2 Å². The van der Waals surface area contributed by atoms with Gasteiger partial charge in [0.05, 0.1) is 11.8 Å². The van der Waals surface area contributed by atoms with E-state index in [1.165, 1.54) is 6.07 Å². The molecule has 3 aromatic rings. The first kappa shape index (κ1) is 26.4. The number of pyridine rings is 2. The summed E-state index contributed by atoms with van der Waals surface area (Å²) in [6, 6.07) is 7.08. The van der Waals surface area contributed by atoms with Gasteiger partial charge in [0.2, 0.25) is 0 Å². The zero-order valence-corrected chi connectivity index (χ0v) is 22.1. The van der Waals surface area contributed by atoms with Gasteiger partial charge in [-0.15, -0.1) is 0 Å². The molecule has 1 aliphatic heterocycles. The Morgan fingerprint density at radius 3 is 2.66 bits per heavy atom. The fourth-order valence-corrected chi connectivity index (χ4v) is 6.44. The van der Waals surface area contributed by atoms with Gasteiger partial charge < -0.3 is 25.7 Å². The van der Waals surface area contributed by atoms with E-state index in [0.29, 0.717) is 37.4 Å². The first-order chi connectivity index (χ1) is 18.5. The van der Waals surface area contributed by atoms with Gasteiger partial charge in [0.15, 0.2) is 0 Å². The summed E-state index contributed by atoms with van der Waals surface area (Å²) in [6.45, 7) is 0.801. The van der Waals surface area contributed by atoms with Crippen molar-refractivity contribution in [2.45, 2.75) is 56.7 Å². The van der Waals surface area contributed by atoms with Gasteiger partial charge in [-0.25, -0.2) is 14.4 Å². The van der Waals surface area contributed by atoms with E-state index in [4.69, 9.17) is 5.73 Å². The third kappa shape index (κ3) is 6.10. The number of carbonyl (C=O) groups is 2.